The molecule has 9 rings (SSSR count). The Bertz CT molecular complexity index is 2460. The number of halogens is 1. The van der Waals surface area contributed by atoms with Crippen LogP contribution in [0.1, 0.15) is 0 Å². The Morgan fingerprint density at radius 2 is 1.00 bits per heavy atom. The lowest BCUT2D eigenvalue weighted by molar-refractivity contribution is 0.671. The highest BCUT2D eigenvalue weighted by molar-refractivity contribution is 14.1. The van der Waals surface area contributed by atoms with Crippen molar-refractivity contribution in [3.63, 3.8) is 0 Å². The lowest BCUT2D eigenvalue weighted by atomic mass is 10.1. The van der Waals surface area contributed by atoms with Gasteiger partial charge in [-0.1, -0.05) is 140 Å². The first-order valence-corrected chi connectivity index (χ1v) is 18.6. The third-order valence-electron chi connectivity index (χ3n) is 9.42. The van der Waals surface area contributed by atoms with Gasteiger partial charge in [0.25, 0.3) is 0 Å². The van der Waals surface area contributed by atoms with Crippen LogP contribution in [-0.4, -0.2) is 12.6 Å². The van der Waals surface area contributed by atoms with Crippen molar-refractivity contribution in [2.75, 3.05) is 0 Å². The van der Waals surface area contributed by atoms with Gasteiger partial charge in [-0.15, -0.1) is 0 Å². The number of aromatic nitrogens is 1. The zero-order valence-electron chi connectivity index (χ0n) is 24.9. The van der Waals surface area contributed by atoms with Crippen molar-refractivity contribution in [3.05, 3.63) is 173 Å². The highest BCUT2D eigenvalue weighted by Gasteiger charge is 2.44. The third-order valence-corrected chi connectivity index (χ3v) is 15.1. The van der Waals surface area contributed by atoms with E-state index in [1.807, 2.05) is 0 Å². The highest BCUT2D eigenvalue weighted by Crippen LogP contribution is 2.34. The van der Waals surface area contributed by atoms with Crippen LogP contribution in [0.15, 0.2) is 174 Å². The molecule has 0 unspecified atom stereocenters. The minimum atomic E-state index is -2.94. The maximum atomic E-state index is 6.82. The van der Waals surface area contributed by atoms with Crippen LogP contribution < -0.4 is 20.7 Å². The first kappa shape index (κ1) is 27.4. The van der Waals surface area contributed by atoms with Crippen molar-refractivity contribution < 1.29 is 4.42 Å². The molecule has 0 spiro atoms. The van der Waals surface area contributed by atoms with E-state index < -0.39 is 8.07 Å². The molecule has 0 aliphatic heterocycles. The molecule has 9 aromatic rings. The average Bonchev–Trinajstić information content (AvgIpc) is 3.67. The fraction of sp³-hybridized carbons (Fsp3) is 0. The number of furan rings is 1. The molecule has 0 radical (unpaired) electrons. The maximum Gasteiger partial charge on any atom is 0.184 e. The molecule has 0 fully saturated rings. The fourth-order valence-electron chi connectivity index (χ4n) is 7.48. The average molecular weight is 718 g/mol. The van der Waals surface area contributed by atoms with Crippen molar-refractivity contribution >= 4 is 95.2 Å². The minimum absolute atomic E-state index is 0.919. The van der Waals surface area contributed by atoms with Gasteiger partial charge in [0.15, 0.2) is 8.07 Å². The molecule has 4 heteroatoms. The van der Waals surface area contributed by atoms with E-state index in [4.69, 9.17) is 4.42 Å². The number of hydrogen-bond donors (Lipinski definition) is 0. The van der Waals surface area contributed by atoms with Crippen LogP contribution in [-0.2, 0) is 0 Å². The standard InChI is InChI=1S/C42H28INOSi/c43-36-27-26-31(28-39(36)44-37-22-10-7-18-32(37)33-19-8-11-23-38(33)44)46(29-14-3-1-4-15-29,30-16-5-2-6-17-30)41-25-13-21-35-34-20-9-12-24-40(34)45-42(35)41/h1-28H. The molecule has 0 N–H and O–H groups in total. The van der Waals surface area contributed by atoms with Gasteiger partial charge in [-0.25, -0.2) is 0 Å². The van der Waals surface area contributed by atoms with Crippen molar-refractivity contribution in [3.8, 4) is 5.69 Å². The number of rotatable bonds is 5. The largest absolute Gasteiger partial charge is 0.456 e. The van der Waals surface area contributed by atoms with Crippen LogP contribution in [0.4, 0.5) is 0 Å². The summed E-state index contributed by atoms with van der Waals surface area (Å²) in [5, 5.41) is 10.1. The van der Waals surface area contributed by atoms with Gasteiger partial charge in [-0.2, -0.15) is 0 Å². The fourth-order valence-corrected chi connectivity index (χ4v) is 12.9. The van der Waals surface area contributed by atoms with Gasteiger partial charge >= 0.3 is 0 Å². The quantitative estimate of drug-likeness (QED) is 0.0991. The molecule has 2 nitrogen and oxygen atoms in total. The molecule has 0 saturated heterocycles. The van der Waals surface area contributed by atoms with E-state index >= 15 is 0 Å². The van der Waals surface area contributed by atoms with Crippen molar-refractivity contribution in [1.82, 2.24) is 4.57 Å². The first-order chi connectivity index (χ1) is 22.7. The summed E-state index contributed by atoms with van der Waals surface area (Å²) in [6.45, 7) is 0. The third kappa shape index (κ3) is 4.00. The number of hydrogen-bond acceptors (Lipinski definition) is 1. The van der Waals surface area contributed by atoms with E-state index in [2.05, 4.69) is 197 Å². The van der Waals surface area contributed by atoms with Gasteiger partial charge in [-0.05, 0) is 73.7 Å². The molecule has 2 aromatic heterocycles. The van der Waals surface area contributed by atoms with E-state index in [0.717, 1.165) is 21.9 Å². The zero-order chi connectivity index (χ0) is 30.7. The molecule has 0 amide bonds. The molecule has 0 bridgehead atoms. The molecule has 2 heterocycles. The highest BCUT2D eigenvalue weighted by atomic mass is 127. The second kappa shape index (κ2) is 10.9. The monoisotopic (exact) mass is 717 g/mol. The van der Waals surface area contributed by atoms with Crippen LogP contribution in [0.2, 0.25) is 0 Å². The summed E-state index contributed by atoms with van der Waals surface area (Å²) >= 11 is 2.52. The minimum Gasteiger partial charge on any atom is -0.456 e. The van der Waals surface area contributed by atoms with E-state index in [0.29, 0.717) is 0 Å². The number of benzene rings is 7. The second-order valence-electron chi connectivity index (χ2n) is 11.8. The van der Waals surface area contributed by atoms with Crippen LogP contribution >= 0.6 is 22.6 Å². The van der Waals surface area contributed by atoms with Gasteiger partial charge in [0.2, 0.25) is 0 Å². The SMILES string of the molecule is Ic1ccc([Si](c2ccccc2)(c2ccccc2)c2cccc3c2oc2ccccc23)cc1-n1c2ccccc2c2ccccc21. The summed E-state index contributed by atoms with van der Waals surface area (Å²) < 4.78 is 10.5. The maximum absolute atomic E-state index is 6.82. The molecule has 218 valence electrons. The summed E-state index contributed by atoms with van der Waals surface area (Å²) in [6, 6.07) is 62.0. The summed E-state index contributed by atoms with van der Waals surface area (Å²) in [5.74, 6) is 0. The number of para-hydroxylation sites is 4. The summed E-state index contributed by atoms with van der Waals surface area (Å²) in [7, 11) is -2.94. The molecule has 46 heavy (non-hydrogen) atoms. The van der Waals surface area contributed by atoms with E-state index in [9.17, 15) is 0 Å². The molecule has 0 saturated carbocycles. The second-order valence-corrected chi connectivity index (χ2v) is 16.7. The van der Waals surface area contributed by atoms with Crippen LogP contribution in [0.5, 0.6) is 0 Å². The molecule has 0 aliphatic carbocycles. The van der Waals surface area contributed by atoms with Gasteiger partial charge in [-0.3, -0.25) is 0 Å². The Labute approximate surface area is 281 Å². The van der Waals surface area contributed by atoms with Gasteiger partial charge in [0, 0.05) is 25.1 Å². The topological polar surface area (TPSA) is 18.1 Å². The normalized spacial score (nSPS) is 12.0. The lowest BCUT2D eigenvalue weighted by Crippen LogP contribution is -2.74. The smallest absolute Gasteiger partial charge is 0.184 e. The Hall–Kier alpha value is -4.91. The molecule has 7 aromatic carbocycles. The lowest BCUT2D eigenvalue weighted by Gasteiger charge is -2.34. The molecule has 0 atom stereocenters. The van der Waals surface area contributed by atoms with Gasteiger partial charge in [0.05, 0.1) is 16.7 Å². The number of fused-ring (bicyclic) bond motifs is 6. The Morgan fingerprint density at radius 1 is 0.457 bits per heavy atom. The molecular weight excluding hydrogens is 689 g/mol. The van der Waals surface area contributed by atoms with Gasteiger partial charge in [0.1, 0.15) is 11.2 Å². The van der Waals surface area contributed by atoms with Crippen LogP contribution in [0.25, 0.3) is 49.4 Å². The van der Waals surface area contributed by atoms with Crippen molar-refractivity contribution in [2.45, 2.75) is 0 Å². The summed E-state index contributed by atoms with van der Waals surface area (Å²) in [6.07, 6.45) is 0. The van der Waals surface area contributed by atoms with Crippen LogP contribution in [0.3, 0.4) is 0 Å². The van der Waals surface area contributed by atoms with E-state index in [1.165, 1.54) is 51.8 Å². The Balaban J connectivity index is 1.44. The summed E-state index contributed by atoms with van der Waals surface area (Å²) in [4.78, 5) is 0. The summed E-state index contributed by atoms with van der Waals surface area (Å²) in [5.41, 5.74) is 5.51. The van der Waals surface area contributed by atoms with Gasteiger partial charge < -0.3 is 8.98 Å². The van der Waals surface area contributed by atoms with Crippen molar-refractivity contribution in [2.24, 2.45) is 0 Å². The van der Waals surface area contributed by atoms with Crippen molar-refractivity contribution in [1.29, 1.82) is 0 Å². The number of nitrogens with zero attached hydrogens (tertiary/aromatic N) is 1. The van der Waals surface area contributed by atoms with E-state index in [1.54, 1.807) is 0 Å². The molecule has 0 aliphatic rings. The Morgan fingerprint density at radius 3 is 1.65 bits per heavy atom. The predicted octanol–water partition coefficient (Wildman–Crippen LogP) is 8.67. The predicted molar refractivity (Wildman–Crippen MR) is 204 cm³/mol. The van der Waals surface area contributed by atoms with E-state index in [-0.39, 0.29) is 0 Å². The zero-order valence-corrected chi connectivity index (χ0v) is 28.1. The Kier molecular flexibility index (Phi) is 6.47. The molecular formula is C42H28INOSi. The van der Waals surface area contributed by atoms with Crippen LogP contribution in [0, 0.1) is 3.57 Å². The first-order valence-electron chi connectivity index (χ1n) is 15.6.